The predicted molar refractivity (Wildman–Crippen MR) is 115 cm³/mol. The molecule has 0 saturated carbocycles. The zero-order valence-corrected chi connectivity index (χ0v) is 18.5. The summed E-state index contributed by atoms with van der Waals surface area (Å²) in [6.45, 7) is 10.4. The van der Waals surface area contributed by atoms with Gasteiger partial charge in [-0.2, -0.15) is 0 Å². The van der Waals surface area contributed by atoms with Crippen LogP contribution in [0, 0.1) is 0 Å². The monoisotopic (exact) mass is 426 g/mol. The standard InChI is InChI=1S/C24H26O7/c1-7-14(4)23(27)30-21-16-11-15-8-9-19(25)28-17(15)12-18(16)31-24(5,6)22(21)29-20(26)10-13(2)3/h7-12,21-22H,1-6H3. The maximum atomic E-state index is 12.6. The molecule has 0 fully saturated rings. The van der Waals surface area contributed by atoms with E-state index in [9.17, 15) is 14.4 Å². The molecule has 1 aromatic heterocycles. The summed E-state index contributed by atoms with van der Waals surface area (Å²) < 4.78 is 22.9. The van der Waals surface area contributed by atoms with Gasteiger partial charge in [0, 0.05) is 34.7 Å². The van der Waals surface area contributed by atoms with Crippen molar-refractivity contribution in [3.63, 3.8) is 0 Å². The Balaban J connectivity index is 2.15. The highest BCUT2D eigenvalue weighted by atomic mass is 16.6. The molecule has 2 heterocycles. The van der Waals surface area contributed by atoms with Crippen LogP contribution in [0.5, 0.6) is 5.75 Å². The molecule has 0 spiro atoms. The van der Waals surface area contributed by atoms with Crippen LogP contribution in [0.4, 0.5) is 0 Å². The highest BCUT2D eigenvalue weighted by Crippen LogP contribution is 2.45. The van der Waals surface area contributed by atoms with Gasteiger partial charge in [0.05, 0.1) is 0 Å². The van der Waals surface area contributed by atoms with Gasteiger partial charge in [0.1, 0.15) is 16.9 Å². The minimum Gasteiger partial charge on any atom is -0.483 e. The van der Waals surface area contributed by atoms with E-state index in [0.717, 1.165) is 5.57 Å². The van der Waals surface area contributed by atoms with Crippen LogP contribution in [0.25, 0.3) is 11.0 Å². The summed E-state index contributed by atoms with van der Waals surface area (Å²) in [7, 11) is 0. The number of esters is 2. The van der Waals surface area contributed by atoms with E-state index in [0.29, 0.717) is 27.9 Å². The molecule has 0 bridgehead atoms. The van der Waals surface area contributed by atoms with Gasteiger partial charge in [0.15, 0.2) is 12.2 Å². The first-order valence-electron chi connectivity index (χ1n) is 9.98. The van der Waals surface area contributed by atoms with Gasteiger partial charge in [-0.1, -0.05) is 11.6 Å². The molecule has 7 heteroatoms. The van der Waals surface area contributed by atoms with Crippen LogP contribution in [0.3, 0.4) is 0 Å². The lowest BCUT2D eigenvalue weighted by Gasteiger charge is -2.43. The van der Waals surface area contributed by atoms with Gasteiger partial charge in [-0.05, 0) is 53.7 Å². The van der Waals surface area contributed by atoms with E-state index >= 15 is 0 Å². The van der Waals surface area contributed by atoms with Crippen molar-refractivity contribution in [2.75, 3.05) is 0 Å². The van der Waals surface area contributed by atoms with Gasteiger partial charge in [-0.3, -0.25) is 0 Å². The van der Waals surface area contributed by atoms with Crippen LogP contribution in [-0.2, 0) is 19.1 Å². The fourth-order valence-electron chi connectivity index (χ4n) is 3.34. The molecule has 1 aliphatic rings. The number of benzene rings is 1. The minimum absolute atomic E-state index is 0.344. The smallest absolute Gasteiger partial charge is 0.336 e. The second kappa shape index (κ2) is 8.41. The molecular formula is C24H26O7. The first kappa shape index (κ1) is 22.3. The van der Waals surface area contributed by atoms with Gasteiger partial charge in [0.2, 0.25) is 0 Å². The molecule has 0 saturated heterocycles. The summed E-state index contributed by atoms with van der Waals surface area (Å²) in [6, 6.07) is 6.22. The van der Waals surface area contributed by atoms with Gasteiger partial charge in [-0.25, -0.2) is 14.4 Å². The first-order valence-corrected chi connectivity index (χ1v) is 9.98. The van der Waals surface area contributed by atoms with Crippen LogP contribution in [-0.4, -0.2) is 23.6 Å². The Morgan fingerprint density at radius 2 is 1.81 bits per heavy atom. The van der Waals surface area contributed by atoms with Crippen molar-refractivity contribution in [1.82, 2.24) is 0 Å². The van der Waals surface area contributed by atoms with Crippen LogP contribution in [0.1, 0.15) is 53.2 Å². The van der Waals surface area contributed by atoms with Crippen molar-refractivity contribution in [2.24, 2.45) is 0 Å². The minimum atomic E-state index is -1.03. The Bertz CT molecular complexity index is 1150. The second-order valence-electron chi connectivity index (χ2n) is 8.26. The summed E-state index contributed by atoms with van der Waals surface area (Å²) in [5, 5.41) is 0.625. The second-order valence-corrected chi connectivity index (χ2v) is 8.26. The Morgan fingerprint density at radius 3 is 2.45 bits per heavy atom. The Labute approximate surface area is 180 Å². The molecule has 7 nitrogen and oxygen atoms in total. The number of rotatable bonds is 4. The van der Waals surface area contributed by atoms with E-state index in [1.54, 1.807) is 65.8 Å². The summed E-state index contributed by atoms with van der Waals surface area (Å²) in [4.78, 5) is 36.7. The lowest BCUT2D eigenvalue weighted by molar-refractivity contribution is -0.185. The molecule has 3 rings (SSSR count). The average Bonchev–Trinajstić information content (AvgIpc) is 2.67. The quantitative estimate of drug-likeness (QED) is 0.407. The number of allylic oxidation sites excluding steroid dienone is 2. The van der Waals surface area contributed by atoms with Crippen molar-refractivity contribution in [2.45, 2.75) is 59.4 Å². The van der Waals surface area contributed by atoms with Crippen molar-refractivity contribution in [3.05, 3.63) is 63.5 Å². The molecule has 2 atom stereocenters. The van der Waals surface area contributed by atoms with Crippen LogP contribution in [0.15, 0.2) is 56.8 Å². The van der Waals surface area contributed by atoms with Gasteiger partial charge >= 0.3 is 17.6 Å². The molecule has 2 aromatic rings. The van der Waals surface area contributed by atoms with Crippen molar-refractivity contribution >= 4 is 22.9 Å². The lowest BCUT2D eigenvalue weighted by atomic mass is 9.87. The Morgan fingerprint density at radius 1 is 1.10 bits per heavy atom. The van der Waals surface area contributed by atoms with Crippen molar-refractivity contribution < 1.29 is 28.2 Å². The van der Waals surface area contributed by atoms with Crippen molar-refractivity contribution in [3.8, 4) is 5.75 Å². The summed E-state index contributed by atoms with van der Waals surface area (Å²) in [5.41, 5.74) is 0.550. The van der Waals surface area contributed by atoms with Crippen LogP contribution < -0.4 is 10.4 Å². The third kappa shape index (κ3) is 4.71. The highest BCUT2D eigenvalue weighted by Gasteiger charge is 2.49. The molecule has 0 aliphatic carbocycles. The Hall–Kier alpha value is -3.35. The number of ether oxygens (including phenoxy) is 3. The van der Waals surface area contributed by atoms with E-state index in [4.69, 9.17) is 18.6 Å². The van der Waals surface area contributed by atoms with E-state index in [1.807, 2.05) is 0 Å². The third-order valence-corrected chi connectivity index (χ3v) is 5.03. The van der Waals surface area contributed by atoms with E-state index in [1.165, 1.54) is 12.1 Å². The maximum Gasteiger partial charge on any atom is 0.336 e. The fourth-order valence-corrected chi connectivity index (χ4v) is 3.34. The summed E-state index contributed by atoms with van der Waals surface area (Å²) in [6.07, 6.45) is 1.18. The SMILES string of the molecule is CC=C(C)C(=O)OC1c2cc3ccc(=O)oc3cc2OC(C)(C)C1OC(=O)C=C(C)C. The molecule has 164 valence electrons. The molecule has 0 radical (unpaired) electrons. The molecule has 0 amide bonds. The number of hydrogen-bond donors (Lipinski definition) is 0. The zero-order chi connectivity index (χ0) is 22.9. The molecule has 1 aliphatic heterocycles. The third-order valence-electron chi connectivity index (χ3n) is 5.03. The van der Waals surface area contributed by atoms with E-state index in [-0.39, 0.29) is 0 Å². The predicted octanol–water partition coefficient (Wildman–Crippen LogP) is 4.39. The molecule has 31 heavy (non-hydrogen) atoms. The number of carbonyl (C=O) groups excluding carboxylic acids is 2. The van der Waals surface area contributed by atoms with Gasteiger partial charge in [0.25, 0.3) is 0 Å². The fraction of sp³-hybridized carbons (Fsp3) is 0.375. The largest absolute Gasteiger partial charge is 0.483 e. The summed E-state index contributed by atoms with van der Waals surface area (Å²) >= 11 is 0. The molecule has 0 N–H and O–H groups in total. The van der Waals surface area contributed by atoms with E-state index < -0.39 is 35.4 Å². The topological polar surface area (TPSA) is 92.0 Å². The molecule has 2 unspecified atom stereocenters. The molecular weight excluding hydrogens is 400 g/mol. The number of hydrogen-bond acceptors (Lipinski definition) is 7. The van der Waals surface area contributed by atoms with Crippen molar-refractivity contribution in [1.29, 1.82) is 0 Å². The molecule has 1 aromatic carbocycles. The highest BCUT2D eigenvalue weighted by molar-refractivity contribution is 5.88. The normalized spacial score (nSPS) is 19.7. The zero-order valence-electron chi connectivity index (χ0n) is 18.5. The van der Waals surface area contributed by atoms with Crippen LogP contribution in [0.2, 0.25) is 0 Å². The van der Waals surface area contributed by atoms with Gasteiger partial charge < -0.3 is 18.6 Å². The number of fused-ring (bicyclic) bond motifs is 2. The average molecular weight is 426 g/mol. The van der Waals surface area contributed by atoms with Crippen LogP contribution >= 0.6 is 0 Å². The first-order chi connectivity index (χ1) is 14.5. The maximum absolute atomic E-state index is 12.6. The Kier molecular flexibility index (Phi) is 6.06. The lowest BCUT2D eigenvalue weighted by Crippen LogP contribution is -2.52. The summed E-state index contributed by atoms with van der Waals surface area (Å²) in [5.74, 6) is -0.697. The van der Waals surface area contributed by atoms with E-state index in [2.05, 4.69) is 0 Å². The number of carbonyl (C=O) groups is 2. The van der Waals surface area contributed by atoms with Gasteiger partial charge in [-0.15, -0.1) is 0 Å².